The van der Waals surface area contributed by atoms with Crippen molar-refractivity contribution in [3.63, 3.8) is 0 Å². The summed E-state index contributed by atoms with van der Waals surface area (Å²) in [6, 6.07) is 10.4. The van der Waals surface area contributed by atoms with Gasteiger partial charge in [-0.05, 0) is 30.9 Å². The van der Waals surface area contributed by atoms with Crippen LogP contribution >= 0.6 is 0 Å². The van der Waals surface area contributed by atoms with Crippen molar-refractivity contribution in [2.75, 3.05) is 50.9 Å². The standard InChI is InChI=1S/C18H27N3O2/c1-16-7-9-19(10-8-16)15-23-18(22)21-13-11-20(12-14-21)17-5-3-2-4-6-17/h2-6,16H,7-15H2,1H3. The van der Waals surface area contributed by atoms with Gasteiger partial charge < -0.3 is 14.5 Å². The first-order valence-electron chi connectivity index (χ1n) is 8.66. The van der Waals surface area contributed by atoms with Gasteiger partial charge in [0.25, 0.3) is 0 Å². The normalized spacial score (nSPS) is 20.6. The molecule has 0 radical (unpaired) electrons. The van der Waals surface area contributed by atoms with E-state index in [1.165, 1.54) is 18.5 Å². The van der Waals surface area contributed by atoms with Crippen molar-refractivity contribution in [1.82, 2.24) is 9.80 Å². The maximum atomic E-state index is 12.2. The van der Waals surface area contributed by atoms with Crippen LogP contribution in [0.2, 0.25) is 0 Å². The molecule has 0 spiro atoms. The van der Waals surface area contributed by atoms with E-state index in [2.05, 4.69) is 41.0 Å². The summed E-state index contributed by atoms with van der Waals surface area (Å²) < 4.78 is 5.49. The molecule has 2 aliphatic heterocycles. The van der Waals surface area contributed by atoms with Gasteiger partial charge in [0.15, 0.2) is 0 Å². The van der Waals surface area contributed by atoms with E-state index in [4.69, 9.17) is 4.74 Å². The Kier molecular flexibility index (Phi) is 5.39. The number of rotatable bonds is 3. The van der Waals surface area contributed by atoms with Gasteiger partial charge in [-0.15, -0.1) is 0 Å². The molecular formula is C18H27N3O2. The Bertz CT molecular complexity index is 492. The Balaban J connectivity index is 1.40. The van der Waals surface area contributed by atoms with Crippen LogP contribution in [-0.4, -0.2) is 61.9 Å². The molecule has 5 heteroatoms. The second-order valence-electron chi connectivity index (χ2n) is 6.65. The SMILES string of the molecule is CC1CCN(COC(=O)N2CCN(c3ccccc3)CC2)CC1. The first-order chi connectivity index (χ1) is 11.2. The molecule has 2 heterocycles. The topological polar surface area (TPSA) is 36.0 Å². The van der Waals surface area contributed by atoms with Gasteiger partial charge in [-0.2, -0.15) is 0 Å². The lowest BCUT2D eigenvalue weighted by atomic mass is 10.00. The molecule has 0 aromatic heterocycles. The van der Waals surface area contributed by atoms with Crippen LogP contribution in [0.4, 0.5) is 10.5 Å². The number of likely N-dealkylation sites (tertiary alicyclic amines) is 1. The van der Waals surface area contributed by atoms with E-state index in [1.54, 1.807) is 0 Å². The van der Waals surface area contributed by atoms with Crippen molar-refractivity contribution in [3.05, 3.63) is 30.3 Å². The molecule has 5 nitrogen and oxygen atoms in total. The summed E-state index contributed by atoms with van der Waals surface area (Å²) in [6.45, 7) is 7.97. The van der Waals surface area contributed by atoms with Crippen LogP contribution in [0.3, 0.4) is 0 Å². The number of hydrogen-bond donors (Lipinski definition) is 0. The van der Waals surface area contributed by atoms with E-state index >= 15 is 0 Å². The lowest BCUT2D eigenvalue weighted by Crippen LogP contribution is -2.49. The summed E-state index contributed by atoms with van der Waals surface area (Å²) in [7, 11) is 0. The lowest BCUT2D eigenvalue weighted by molar-refractivity contribution is 0.0292. The third kappa shape index (κ3) is 4.38. The number of hydrogen-bond acceptors (Lipinski definition) is 4. The summed E-state index contributed by atoms with van der Waals surface area (Å²) in [6.07, 6.45) is 2.23. The van der Waals surface area contributed by atoms with Crippen LogP contribution < -0.4 is 4.90 Å². The van der Waals surface area contributed by atoms with Gasteiger partial charge in [0.05, 0.1) is 0 Å². The van der Waals surface area contributed by atoms with Crippen LogP contribution in [0.15, 0.2) is 30.3 Å². The Hall–Kier alpha value is -1.75. The van der Waals surface area contributed by atoms with Crippen molar-refractivity contribution in [3.8, 4) is 0 Å². The summed E-state index contributed by atoms with van der Waals surface area (Å²) in [5.74, 6) is 0.799. The van der Waals surface area contributed by atoms with Gasteiger partial charge in [-0.25, -0.2) is 4.79 Å². The molecule has 1 aromatic carbocycles. The Labute approximate surface area is 138 Å². The number of piperidine rings is 1. The zero-order chi connectivity index (χ0) is 16.1. The largest absolute Gasteiger partial charge is 0.433 e. The fourth-order valence-corrected chi connectivity index (χ4v) is 3.21. The highest BCUT2D eigenvalue weighted by atomic mass is 16.6. The van der Waals surface area contributed by atoms with Crippen molar-refractivity contribution in [2.24, 2.45) is 5.92 Å². The number of carbonyl (C=O) groups is 1. The van der Waals surface area contributed by atoms with Gasteiger partial charge in [-0.3, -0.25) is 4.90 Å². The zero-order valence-corrected chi connectivity index (χ0v) is 14.0. The number of benzene rings is 1. The smallest absolute Gasteiger partial charge is 0.411 e. The maximum absolute atomic E-state index is 12.2. The number of amides is 1. The average Bonchev–Trinajstić information content (AvgIpc) is 2.62. The molecule has 0 unspecified atom stereocenters. The van der Waals surface area contributed by atoms with Crippen LogP contribution in [-0.2, 0) is 4.74 Å². The second kappa shape index (κ2) is 7.68. The van der Waals surface area contributed by atoms with E-state index in [9.17, 15) is 4.79 Å². The highest BCUT2D eigenvalue weighted by Gasteiger charge is 2.23. The molecule has 2 aliphatic rings. The molecule has 0 atom stereocenters. The second-order valence-corrected chi connectivity index (χ2v) is 6.65. The Morgan fingerprint density at radius 3 is 2.35 bits per heavy atom. The third-order valence-electron chi connectivity index (χ3n) is 4.91. The van der Waals surface area contributed by atoms with Crippen molar-refractivity contribution in [2.45, 2.75) is 19.8 Å². The molecule has 0 bridgehead atoms. The molecule has 0 aliphatic carbocycles. The van der Waals surface area contributed by atoms with Crippen LogP contribution in [0.5, 0.6) is 0 Å². The van der Waals surface area contributed by atoms with Gasteiger partial charge in [-0.1, -0.05) is 25.1 Å². The Morgan fingerprint density at radius 1 is 1.04 bits per heavy atom. The molecule has 126 valence electrons. The van der Waals surface area contributed by atoms with Crippen molar-refractivity contribution in [1.29, 1.82) is 0 Å². The summed E-state index contributed by atoms with van der Waals surface area (Å²) in [4.78, 5) is 18.6. The summed E-state index contributed by atoms with van der Waals surface area (Å²) in [5.41, 5.74) is 1.22. The number of ether oxygens (including phenoxy) is 1. The predicted molar refractivity (Wildman–Crippen MR) is 91.5 cm³/mol. The number of anilines is 1. The van der Waals surface area contributed by atoms with Crippen LogP contribution in [0, 0.1) is 5.92 Å². The lowest BCUT2D eigenvalue weighted by Gasteiger charge is -2.36. The first-order valence-corrected chi connectivity index (χ1v) is 8.66. The number of carbonyl (C=O) groups excluding carboxylic acids is 1. The fraction of sp³-hybridized carbons (Fsp3) is 0.611. The average molecular weight is 317 g/mol. The number of nitrogens with zero attached hydrogens (tertiary/aromatic N) is 3. The Morgan fingerprint density at radius 2 is 1.70 bits per heavy atom. The van der Waals surface area contributed by atoms with E-state index in [0.717, 1.165) is 45.2 Å². The minimum absolute atomic E-state index is 0.170. The molecule has 0 saturated carbocycles. The highest BCUT2D eigenvalue weighted by Crippen LogP contribution is 2.17. The molecule has 3 rings (SSSR count). The summed E-state index contributed by atoms with van der Waals surface area (Å²) in [5, 5.41) is 0. The third-order valence-corrected chi connectivity index (χ3v) is 4.91. The number of piperazine rings is 1. The van der Waals surface area contributed by atoms with E-state index in [0.29, 0.717) is 6.73 Å². The number of para-hydroxylation sites is 1. The van der Waals surface area contributed by atoms with Gasteiger partial charge in [0.1, 0.15) is 6.73 Å². The van der Waals surface area contributed by atoms with Crippen molar-refractivity contribution < 1.29 is 9.53 Å². The van der Waals surface area contributed by atoms with Crippen LogP contribution in [0.1, 0.15) is 19.8 Å². The molecule has 1 aromatic rings. The molecule has 0 N–H and O–H groups in total. The van der Waals surface area contributed by atoms with E-state index in [1.807, 2.05) is 11.0 Å². The molecule has 1 amide bonds. The van der Waals surface area contributed by atoms with Gasteiger partial charge in [0.2, 0.25) is 0 Å². The zero-order valence-electron chi connectivity index (χ0n) is 14.0. The van der Waals surface area contributed by atoms with Gasteiger partial charge >= 0.3 is 6.09 Å². The van der Waals surface area contributed by atoms with Crippen molar-refractivity contribution >= 4 is 11.8 Å². The molecule has 2 saturated heterocycles. The maximum Gasteiger partial charge on any atom is 0.411 e. The highest BCUT2D eigenvalue weighted by molar-refractivity contribution is 5.68. The van der Waals surface area contributed by atoms with Crippen LogP contribution in [0.25, 0.3) is 0 Å². The minimum atomic E-state index is -0.170. The molecule has 23 heavy (non-hydrogen) atoms. The first kappa shape index (κ1) is 16.1. The molecule has 2 fully saturated rings. The quantitative estimate of drug-likeness (QED) is 0.859. The monoisotopic (exact) mass is 317 g/mol. The van der Waals surface area contributed by atoms with E-state index < -0.39 is 0 Å². The summed E-state index contributed by atoms with van der Waals surface area (Å²) >= 11 is 0. The minimum Gasteiger partial charge on any atom is -0.433 e. The van der Waals surface area contributed by atoms with E-state index in [-0.39, 0.29) is 6.09 Å². The van der Waals surface area contributed by atoms with Gasteiger partial charge in [0, 0.05) is 45.0 Å². The molecular weight excluding hydrogens is 290 g/mol. The predicted octanol–water partition coefficient (Wildman–Crippen LogP) is 2.63. The fourth-order valence-electron chi connectivity index (χ4n) is 3.21.